The molecule has 0 N–H and O–H groups in total. The number of rotatable bonds is 5. The highest BCUT2D eigenvalue weighted by molar-refractivity contribution is 5.76. The molecule has 9 nitrogen and oxygen atoms in total. The minimum atomic E-state index is 0.175. The van der Waals surface area contributed by atoms with Crippen molar-refractivity contribution in [3.05, 3.63) is 28.8 Å². The molecule has 0 aliphatic carbocycles. The third kappa shape index (κ3) is 4.56. The fraction of sp³-hybridized carbons (Fsp3) is 0.619. The average molecular weight is 415 g/mol. The molecule has 0 saturated carbocycles. The Kier molecular flexibility index (Phi) is 6.17. The maximum Gasteiger partial charge on any atom is 0.227 e. The number of aromatic nitrogens is 3. The van der Waals surface area contributed by atoms with Crippen LogP contribution in [0.25, 0.3) is 0 Å². The van der Waals surface area contributed by atoms with E-state index in [4.69, 9.17) is 14.2 Å². The van der Waals surface area contributed by atoms with E-state index in [2.05, 4.69) is 19.9 Å². The van der Waals surface area contributed by atoms with Gasteiger partial charge < -0.3 is 24.0 Å². The topological polar surface area (TPSA) is 87.8 Å². The predicted molar refractivity (Wildman–Crippen MR) is 113 cm³/mol. The summed E-state index contributed by atoms with van der Waals surface area (Å²) >= 11 is 0. The van der Waals surface area contributed by atoms with Gasteiger partial charge in [0.05, 0.1) is 18.9 Å². The van der Waals surface area contributed by atoms with Crippen LogP contribution in [0, 0.1) is 20.8 Å². The molecule has 0 unspecified atom stereocenters. The van der Waals surface area contributed by atoms with E-state index in [1.54, 1.807) is 0 Å². The highest BCUT2D eigenvalue weighted by Crippen LogP contribution is 2.20. The van der Waals surface area contributed by atoms with E-state index in [0.717, 1.165) is 73.9 Å². The molecule has 2 fully saturated rings. The summed E-state index contributed by atoms with van der Waals surface area (Å²) in [6.45, 7) is 11.8. The highest BCUT2D eigenvalue weighted by atomic mass is 16.5. The second-order valence-electron chi connectivity index (χ2n) is 7.94. The number of piperazine rings is 1. The Morgan fingerprint density at radius 3 is 2.40 bits per heavy atom. The van der Waals surface area contributed by atoms with Crippen LogP contribution in [0.4, 0.5) is 11.8 Å². The van der Waals surface area contributed by atoms with Crippen LogP contribution in [0.3, 0.4) is 0 Å². The van der Waals surface area contributed by atoms with Crippen molar-refractivity contribution in [1.29, 1.82) is 0 Å². The number of hydrogen-bond acceptors (Lipinski definition) is 8. The molecule has 1 amide bonds. The number of morpholine rings is 1. The number of ether oxygens (including phenoxy) is 1. The molecule has 2 aliphatic rings. The molecule has 4 rings (SSSR count). The Hall–Kier alpha value is -2.68. The zero-order valence-electron chi connectivity index (χ0n) is 18.1. The Balaban J connectivity index is 1.34. The van der Waals surface area contributed by atoms with Crippen LogP contribution >= 0.6 is 0 Å². The molecule has 2 aliphatic heterocycles. The lowest BCUT2D eigenvalue weighted by molar-refractivity contribution is -0.131. The van der Waals surface area contributed by atoms with Crippen LogP contribution in [0.1, 0.15) is 29.1 Å². The van der Waals surface area contributed by atoms with E-state index < -0.39 is 0 Å². The summed E-state index contributed by atoms with van der Waals surface area (Å²) in [5.41, 5.74) is 2.88. The van der Waals surface area contributed by atoms with E-state index in [1.165, 1.54) is 0 Å². The largest absolute Gasteiger partial charge is 0.378 e. The van der Waals surface area contributed by atoms with Gasteiger partial charge in [0, 0.05) is 63.0 Å². The third-order valence-corrected chi connectivity index (χ3v) is 5.85. The van der Waals surface area contributed by atoms with Crippen LogP contribution in [0.2, 0.25) is 0 Å². The van der Waals surface area contributed by atoms with Gasteiger partial charge in [-0.2, -0.15) is 4.98 Å². The molecule has 162 valence electrons. The predicted octanol–water partition coefficient (Wildman–Crippen LogP) is 1.51. The zero-order valence-corrected chi connectivity index (χ0v) is 18.1. The van der Waals surface area contributed by atoms with Crippen LogP contribution < -0.4 is 9.80 Å². The van der Waals surface area contributed by atoms with Gasteiger partial charge in [-0.15, -0.1) is 0 Å². The summed E-state index contributed by atoms with van der Waals surface area (Å²) in [6, 6.07) is 2.03. The third-order valence-electron chi connectivity index (χ3n) is 5.85. The van der Waals surface area contributed by atoms with Gasteiger partial charge >= 0.3 is 0 Å². The number of carbonyl (C=O) groups excluding carboxylic acids is 1. The number of amides is 1. The van der Waals surface area contributed by atoms with Crippen molar-refractivity contribution in [1.82, 2.24) is 20.0 Å². The summed E-state index contributed by atoms with van der Waals surface area (Å²) in [6.07, 6.45) is 1.15. The highest BCUT2D eigenvalue weighted by Gasteiger charge is 2.24. The van der Waals surface area contributed by atoms with Crippen LogP contribution in [-0.4, -0.2) is 78.4 Å². The first-order chi connectivity index (χ1) is 14.5. The van der Waals surface area contributed by atoms with Gasteiger partial charge in [-0.3, -0.25) is 4.79 Å². The number of hydrogen-bond donors (Lipinski definition) is 0. The van der Waals surface area contributed by atoms with Crippen molar-refractivity contribution in [3.8, 4) is 0 Å². The molecular weight excluding hydrogens is 384 g/mol. The second kappa shape index (κ2) is 8.99. The van der Waals surface area contributed by atoms with Crippen molar-refractivity contribution >= 4 is 17.7 Å². The second-order valence-corrected chi connectivity index (χ2v) is 7.94. The van der Waals surface area contributed by atoms with Gasteiger partial charge in [0.15, 0.2) is 0 Å². The van der Waals surface area contributed by atoms with Gasteiger partial charge in [-0.1, -0.05) is 5.16 Å². The van der Waals surface area contributed by atoms with Gasteiger partial charge in [-0.25, -0.2) is 4.98 Å². The Morgan fingerprint density at radius 2 is 1.73 bits per heavy atom. The van der Waals surface area contributed by atoms with Crippen molar-refractivity contribution in [2.75, 3.05) is 62.3 Å². The fourth-order valence-corrected chi connectivity index (χ4v) is 4.04. The van der Waals surface area contributed by atoms with E-state index >= 15 is 0 Å². The van der Waals surface area contributed by atoms with Crippen molar-refractivity contribution in [2.45, 2.75) is 33.6 Å². The van der Waals surface area contributed by atoms with E-state index in [9.17, 15) is 4.79 Å². The molecule has 0 atom stereocenters. The normalized spacial score (nSPS) is 17.5. The lowest BCUT2D eigenvalue weighted by atomic mass is 10.1. The molecule has 2 saturated heterocycles. The van der Waals surface area contributed by atoms with E-state index in [1.807, 2.05) is 31.7 Å². The van der Waals surface area contributed by atoms with Crippen molar-refractivity contribution < 1.29 is 14.1 Å². The SMILES string of the molecule is Cc1cc(N2CCOCC2)nc(N2CCN(C(=O)CCc3c(C)noc3C)CC2)n1. The Labute approximate surface area is 177 Å². The minimum Gasteiger partial charge on any atom is -0.378 e. The zero-order chi connectivity index (χ0) is 21.1. The first-order valence-corrected chi connectivity index (χ1v) is 10.6. The summed E-state index contributed by atoms with van der Waals surface area (Å²) in [7, 11) is 0. The number of carbonyl (C=O) groups is 1. The van der Waals surface area contributed by atoms with Crippen molar-refractivity contribution in [3.63, 3.8) is 0 Å². The number of nitrogens with zero attached hydrogens (tertiary/aromatic N) is 6. The minimum absolute atomic E-state index is 0.175. The molecule has 9 heteroatoms. The quantitative estimate of drug-likeness (QED) is 0.728. The summed E-state index contributed by atoms with van der Waals surface area (Å²) in [4.78, 5) is 28.5. The molecule has 0 radical (unpaired) electrons. The first-order valence-electron chi connectivity index (χ1n) is 10.6. The van der Waals surface area contributed by atoms with Gasteiger partial charge in [0.25, 0.3) is 0 Å². The van der Waals surface area contributed by atoms with Gasteiger partial charge in [0.2, 0.25) is 11.9 Å². The summed E-state index contributed by atoms with van der Waals surface area (Å²) in [5.74, 6) is 2.68. The maximum atomic E-state index is 12.7. The lowest BCUT2D eigenvalue weighted by Crippen LogP contribution is -2.49. The fourth-order valence-electron chi connectivity index (χ4n) is 4.04. The van der Waals surface area contributed by atoms with E-state index in [0.29, 0.717) is 25.9 Å². The van der Waals surface area contributed by atoms with E-state index in [-0.39, 0.29) is 5.91 Å². The van der Waals surface area contributed by atoms with Gasteiger partial charge in [0.1, 0.15) is 11.6 Å². The van der Waals surface area contributed by atoms with Crippen LogP contribution in [0.5, 0.6) is 0 Å². The van der Waals surface area contributed by atoms with Crippen LogP contribution in [-0.2, 0) is 16.0 Å². The number of anilines is 2. The van der Waals surface area contributed by atoms with Gasteiger partial charge in [-0.05, 0) is 27.2 Å². The van der Waals surface area contributed by atoms with Crippen molar-refractivity contribution in [2.24, 2.45) is 0 Å². The molecule has 0 bridgehead atoms. The van der Waals surface area contributed by atoms with Crippen LogP contribution in [0.15, 0.2) is 10.6 Å². The Bertz CT molecular complexity index is 865. The molecule has 2 aromatic heterocycles. The summed E-state index contributed by atoms with van der Waals surface area (Å²) < 4.78 is 10.6. The Morgan fingerprint density at radius 1 is 1.00 bits per heavy atom. The molecule has 0 spiro atoms. The molecular formula is C21H30N6O3. The molecule has 0 aromatic carbocycles. The lowest BCUT2D eigenvalue weighted by Gasteiger charge is -2.35. The standard InChI is InChI=1S/C21H30N6O3/c1-15-14-19(25-10-12-29-13-11-25)23-21(22-15)27-8-6-26(7-9-27)20(28)5-4-18-16(2)24-30-17(18)3/h14H,4-13H2,1-3H3. The molecule has 2 aromatic rings. The monoisotopic (exact) mass is 414 g/mol. The maximum absolute atomic E-state index is 12.7. The molecule has 30 heavy (non-hydrogen) atoms. The summed E-state index contributed by atoms with van der Waals surface area (Å²) in [5, 5.41) is 3.97. The number of aryl methyl sites for hydroxylation is 3. The average Bonchev–Trinajstić information content (AvgIpc) is 3.09. The smallest absolute Gasteiger partial charge is 0.227 e. The first kappa shape index (κ1) is 20.6. The molecule has 4 heterocycles.